The van der Waals surface area contributed by atoms with E-state index in [-0.39, 0.29) is 17.7 Å². The van der Waals surface area contributed by atoms with Crippen molar-refractivity contribution in [1.82, 2.24) is 10.2 Å². The first-order valence-electron chi connectivity index (χ1n) is 4.58. The van der Waals surface area contributed by atoms with Crippen LogP contribution in [0, 0.1) is 0 Å². The molecule has 82 valence electrons. The zero-order chi connectivity index (χ0) is 10.8. The van der Waals surface area contributed by atoms with Gasteiger partial charge in [-0.3, -0.25) is 4.79 Å². The lowest BCUT2D eigenvalue weighted by atomic mass is 10.3. The highest BCUT2D eigenvalue weighted by molar-refractivity contribution is 7.90. The Kier molecular flexibility index (Phi) is 3.49. The summed E-state index contributed by atoms with van der Waals surface area (Å²) in [5.41, 5.74) is 0. The number of rotatable bonds is 4. The van der Waals surface area contributed by atoms with Gasteiger partial charge in [0.15, 0.2) is 0 Å². The van der Waals surface area contributed by atoms with Crippen molar-refractivity contribution in [2.24, 2.45) is 0 Å². The molecule has 0 saturated carbocycles. The number of nitrogens with one attached hydrogen (secondary N) is 1. The fourth-order valence-corrected chi connectivity index (χ4v) is 2.06. The molecule has 1 heterocycles. The van der Waals surface area contributed by atoms with E-state index in [1.54, 1.807) is 11.9 Å². The standard InChI is InChI=1S/C8H16N2O3S/c1-9-7-3-4-10(8(7)11)5-6-14(2,12)13/h7,9H,3-6H2,1-2H3. The molecule has 1 saturated heterocycles. The van der Waals surface area contributed by atoms with Gasteiger partial charge in [0.2, 0.25) is 5.91 Å². The average molecular weight is 220 g/mol. The van der Waals surface area contributed by atoms with Crippen molar-refractivity contribution in [3.8, 4) is 0 Å². The van der Waals surface area contributed by atoms with Crippen molar-refractivity contribution < 1.29 is 13.2 Å². The van der Waals surface area contributed by atoms with Crippen molar-refractivity contribution in [2.75, 3.05) is 32.1 Å². The van der Waals surface area contributed by atoms with E-state index in [9.17, 15) is 13.2 Å². The Balaban J connectivity index is 2.45. The monoisotopic (exact) mass is 220 g/mol. The third kappa shape index (κ3) is 2.95. The fraction of sp³-hybridized carbons (Fsp3) is 0.875. The fourth-order valence-electron chi connectivity index (χ4n) is 1.50. The second-order valence-electron chi connectivity index (χ2n) is 3.59. The molecule has 14 heavy (non-hydrogen) atoms. The van der Waals surface area contributed by atoms with Crippen LogP contribution in [-0.2, 0) is 14.6 Å². The van der Waals surface area contributed by atoms with Crippen LogP contribution in [0.25, 0.3) is 0 Å². The molecule has 1 unspecified atom stereocenters. The minimum absolute atomic E-state index is 0.0103. The molecule has 1 N–H and O–H groups in total. The molecule has 0 bridgehead atoms. The van der Waals surface area contributed by atoms with Gasteiger partial charge in [-0.2, -0.15) is 0 Å². The topological polar surface area (TPSA) is 66.5 Å². The molecular formula is C8H16N2O3S. The lowest BCUT2D eigenvalue weighted by Gasteiger charge is -2.15. The third-order valence-corrected chi connectivity index (χ3v) is 3.30. The first-order valence-corrected chi connectivity index (χ1v) is 6.64. The zero-order valence-electron chi connectivity index (χ0n) is 8.49. The van der Waals surface area contributed by atoms with E-state index in [0.717, 1.165) is 6.42 Å². The summed E-state index contributed by atoms with van der Waals surface area (Å²) in [6.07, 6.45) is 1.95. The molecule has 1 fully saturated rings. The molecule has 1 amide bonds. The van der Waals surface area contributed by atoms with Crippen LogP contribution >= 0.6 is 0 Å². The quantitative estimate of drug-likeness (QED) is 0.650. The Bertz CT molecular complexity index is 313. The van der Waals surface area contributed by atoms with Crippen LogP contribution in [0.15, 0.2) is 0 Å². The molecular weight excluding hydrogens is 204 g/mol. The Hall–Kier alpha value is -0.620. The van der Waals surface area contributed by atoms with Crippen LogP contribution in [0.3, 0.4) is 0 Å². The second kappa shape index (κ2) is 4.27. The molecule has 6 heteroatoms. The summed E-state index contributed by atoms with van der Waals surface area (Å²) in [6.45, 7) is 0.968. The van der Waals surface area contributed by atoms with E-state index in [4.69, 9.17) is 0 Å². The van der Waals surface area contributed by atoms with Gasteiger partial charge in [0.1, 0.15) is 9.84 Å². The van der Waals surface area contributed by atoms with Crippen LogP contribution < -0.4 is 5.32 Å². The smallest absolute Gasteiger partial charge is 0.239 e. The lowest BCUT2D eigenvalue weighted by Crippen LogP contribution is -2.38. The van der Waals surface area contributed by atoms with Crippen LogP contribution in [0.5, 0.6) is 0 Å². The molecule has 1 rings (SSSR count). The molecule has 0 aromatic rings. The van der Waals surface area contributed by atoms with Gasteiger partial charge >= 0.3 is 0 Å². The molecule has 0 aliphatic carbocycles. The number of carbonyl (C=O) groups is 1. The number of likely N-dealkylation sites (tertiary alicyclic amines) is 1. The Morgan fingerprint density at radius 2 is 2.21 bits per heavy atom. The van der Waals surface area contributed by atoms with Gasteiger partial charge in [0, 0.05) is 19.3 Å². The van der Waals surface area contributed by atoms with Crippen LogP contribution in [0.1, 0.15) is 6.42 Å². The molecule has 5 nitrogen and oxygen atoms in total. The predicted molar refractivity (Wildman–Crippen MR) is 53.8 cm³/mol. The zero-order valence-corrected chi connectivity index (χ0v) is 9.30. The number of likely N-dealkylation sites (N-methyl/N-ethyl adjacent to an activating group) is 1. The predicted octanol–water partition coefficient (Wildman–Crippen LogP) is -1.15. The van der Waals surface area contributed by atoms with Crippen LogP contribution in [0.4, 0.5) is 0 Å². The SMILES string of the molecule is CNC1CCN(CCS(C)(=O)=O)C1=O. The largest absolute Gasteiger partial charge is 0.340 e. The average Bonchev–Trinajstić information content (AvgIpc) is 2.42. The minimum atomic E-state index is -2.97. The first-order chi connectivity index (χ1) is 6.44. The number of hydrogen-bond donors (Lipinski definition) is 1. The highest BCUT2D eigenvalue weighted by Crippen LogP contribution is 2.10. The Labute approximate surface area is 84.4 Å². The van der Waals surface area contributed by atoms with Crippen molar-refractivity contribution >= 4 is 15.7 Å². The molecule has 0 spiro atoms. The molecule has 1 atom stereocenters. The number of hydrogen-bond acceptors (Lipinski definition) is 4. The highest BCUT2D eigenvalue weighted by Gasteiger charge is 2.30. The number of carbonyl (C=O) groups excluding carboxylic acids is 1. The second-order valence-corrected chi connectivity index (χ2v) is 5.84. The molecule has 1 aliphatic rings. The van der Waals surface area contributed by atoms with Crippen molar-refractivity contribution in [3.05, 3.63) is 0 Å². The minimum Gasteiger partial charge on any atom is -0.340 e. The van der Waals surface area contributed by atoms with E-state index in [2.05, 4.69) is 5.32 Å². The Morgan fingerprint density at radius 1 is 1.57 bits per heavy atom. The molecule has 0 radical (unpaired) electrons. The summed E-state index contributed by atoms with van der Waals surface area (Å²) in [4.78, 5) is 13.1. The maximum atomic E-state index is 11.5. The lowest BCUT2D eigenvalue weighted by molar-refractivity contribution is -0.129. The number of amides is 1. The maximum Gasteiger partial charge on any atom is 0.239 e. The van der Waals surface area contributed by atoms with Crippen LogP contribution in [-0.4, -0.2) is 57.4 Å². The Morgan fingerprint density at radius 3 is 2.64 bits per heavy atom. The van der Waals surface area contributed by atoms with Crippen molar-refractivity contribution in [3.63, 3.8) is 0 Å². The van der Waals surface area contributed by atoms with Gasteiger partial charge in [-0.15, -0.1) is 0 Å². The highest BCUT2D eigenvalue weighted by atomic mass is 32.2. The summed E-state index contributed by atoms with van der Waals surface area (Å²) >= 11 is 0. The van der Waals surface area contributed by atoms with Gasteiger partial charge in [-0.1, -0.05) is 0 Å². The summed E-state index contributed by atoms with van der Waals surface area (Å²) in [7, 11) is -1.23. The molecule has 0 aromatic carbocycles. The van der Waals surface area contributed by atoms with E-state index in [1.807, 2.05) is 0 Å². The van der Waals surface area contributed by atoms with Gasteiger partial charge in [0.25, 0.3) is 0 Å². The van der Waals surface area contributed by atoms with Crippen molar-refractivity contribution in [1.29, 1.82) is 0 Å². The van der Waals surface area contributed by atoms with Gasteiger partial charge in [-0.05, 0) is 13.5 Å². The van der Waals surface area contributed by atoms with E-state index in [0.29, 0.717) is 13.1 Å². The molecule has 0 aromatic heterocycles. The maximum absolute atomic E-state index is 11.5. The number of nitrogens with zero attached hydrogens (tertiary/aromatic N) is 1. The van der Waals surface area contributed by atoms with Gasteiger partial charge < -0.3 is 10.2 Å². The first kappa shape index (κ1) is 11.5. The van der Waals surface area contributed by atoms with Gasteiger partial charge in [0.05, 0.1) is 11.8 Å². The molecule has 1 aliphatic heterocycles. The summed E-state index contributed by atoms with van der Waals surface area (Å²) in [6, 6.07) is -0.130. The van der Waals surface area contributed by atoms with E-state index in [1.165, 1.54) is 6.26 Å². The third-order valence-electron chi connectivity index (χ3n) is 2.38. The summed E-state index contributed by atoms with van der Waals surface area (Å²) in [5.74, 6) is 0.0611. The van der Waals surface area contributed by atoms with Crippen LogP contribution in [0.2, 0.25) is 0 Å². The van der Waals surface area contributed by atoms with Gasteiger partial charge in [-0.25, -0.2) is 8.42 Å². The van der Waals surface area contributed by atoms with E-state index >= 15 is 0 Å². The summed E-state index contributed by atoms with van der Waals surface area (Å²) < 4.78 is 21.8. The van der Waals surface area contributed by atoms with E-state index < -0.39 is 9.84 Å². The summed E-state index contributed by atoms with van der Waals surface area (Å²) in [5, 5.41) is 2.90. The normalized spacial score (nSPS) is 23.1. The van der Waals surface area contributed by atoms with Crippen molar-refractivity contribution in [2.45, 2.75) is 12.5 Å². The number of sulfone groups is 1.